The van der Waals surface area contributed by atoms with Gasteiger partial charge in [0.1, 0.15) is 11.5 Å². The fourth-order valence-corrected chi connectivity index (χ4v) is 3.30. The molecule has 3 heterocycles. The average Bonchev–Trinajstić information content (AvgIpc) is 3.35. The number of aromatic nitrogens is 4. The molecule has 1 aliphatic carbocycles. The Morgan fingerprint density at radius 1 is 1.17 bits per heavy atom. The third kappa shape index (κ3) is 3.62. The van der Waals surface area contributed by atoms with Crippen LogP contribution in [-0.2, 0) is 13.1 Å². The second-order valence-corrected chi connectivity index (χ2v) is 6.80. The number of fused-ring (bicyclic) bond motifs is 1. The van der Waals surface area contributed by atoms with Crippen LogP contribution in [0.4, 0.5) is 0 Å². The van der Waals surface area contributed by atoms with E-state index in [-0.39, 0.29) is 5.91 Å². The molecule has 2 aliphatic rings. The number of hydrogen-bond donors (Lipinski definition) is 1. The molecule has 0 radical (unpaired) electrons. The van der Waals surface area contributed by atoms with E-state index < -0.39 is 0 Å². The van der Waals surface area contributed by atoms with Gasteiger partial charge in [0.15, 0.2) is 0 Å². The van der Waals surface area contributed by atoms with E-state index in [1.165, 1.54) is 25.2 Å². The molecule has 2 aromatic rings. The van der Waals surface area contributed by atoms with Crippen LogP contribution in [0.25, 0.3) is 0 Å². The summed E-state index contributed by atoms with van der Waals surface area (Å²) in [6.45, 7) is 4.55. The van der Waals surface area contributed by atoms with Gasteiger partial charge in [-0.15, -0.1) is 0 Å². The second kappa shape index (κ2) is 6.68. The number of imidazole rings is 1. The number of carbonyl (C=O) groups is 1. The van der Waals surface area contributed by atoms with Crippen molar-refractivity contribution in [3.63, 3.8) is 0 Å². The third-order valence-electron chi connectivity index (χ3n) is 4.70. The molecule has 1 saturated carbocycles. The van der Waals surface area contributed by atoms with Gasteiger partial charge >= 0.3 is 0 Å². The predicted octanol–water partition coefficient (Wildman–Crippen LogP) is 0.945. The molecule has 1 atom stereocenters. The maximum Gasteiger partial charge on any atom is 0.271 e. The van der Waals surface area contributed by atoms with Crippen LogP contribution in [0.3, 0.4) is 0 Å². The van der Waals surface area contributed by atoms with E-state index in [0.717, 1.165) is 37.9 Å². The van der Waals surface area contributed by atoms with E-state index >= 15 is 0 Å². The molecule has 1 N–H and O–H groups in total. The highest BCUT2D eigenvalue weighted by Crippen LogP contribution is 2.31. The topological polar surface area (TPSA) is 75.9 Å². The number of hydrogen-bond acceptors (Lipinski definition) is 5. The van der Waals surface area contributed by atoms with Crippen molar-refractivity contribution < 1.29 is 4.79 Å². The first-order chi connectivity index (χ1) is 11.8. The molecule has 0 spiro atoms. The largest absolute Gasteiger partial charge is 0.350 e. The zero-order chi connectivity index (χ0) is 16.4. The smallest absolute Gasteiger partial charge is 0.271 e. The van der Waals surface area contributed by atoms with Gasteiger partial charge in [-0.2, -0.15) is 0 Å². The van der Waals surface area contributed by atoms with Crippen LogP contribution in [0, 0.1) is 11.8 Å². The molecule has 2 aromatic heterocycles. The van der Waals surface area contributed by atoms with Crippen molar-refractivity contribution in [1.82, 2.24) is 29.7 Å². The zero-order valence-corrected chi connectivity index (χ0v) is 13.6. The van der Waals surface area contributed by atoms with Crippen molar-refractivity contribution in [3.05, 3.63) is 42.5 Å². The van der Waals surface area contributed by atoms with Gasteiger partial charge in [0.25, 0.3) is 5.91 Å². The van der Waals surface area contributed by atoms with Gasteiger partial charge in [0.05, 0.1) is 12.7 Å². The van der Waals surface area contributed by atoms with Gasteiger partial charge in [-0.05, 0) is 18.8 Å². The van der Waals surface area contributed by atoms with E-state index in [9.17, 15) is 4.79 Å². The van der Waals surface area contributed by atoms with Crippen molar-refractivity contribution in [1.29, 1.82) is 0 Å². The summed E-state index contributed by atoms with van der Waals surface area (Å²) in [5, 5.41) is 3.01. The van der Waals surface area contributed by atoms with Crippen LogP contribution in [-0.4, -0.2) is 50.0 Å². The van der Waals surface area contributed by atoms with Crippen molar-refractivity contribution >= 4 is 5.91 Å². The van der Waals surface area contributed by atoms with Gasteiger partial charge in [-0.3, -0.25) is 14.7 Å². The highest BCUT2D eigenvalue weighted by atomic mass is 16.1. The fraction of sp³-hybridized carbons (Fsp3) is 0.529. The molecule has 0 aromatic carbocycles. The van der Waals surface area contributed by atoms with Crippen LogP contribution in [0.1, 0.15) is 29.2 Å². The Hall–Kier alpha value is -2.28. The van der Waals surface area contributed by atoms with Gasteiger partial charge in [-0.25, -0.2) is 9.97 Å². The molecule has 7 heteroatoms. The normalized spacial score (nSPS) is 21.1. The average molecular weight is 326 g/mol. The molecule has 1 amide bonds. The van der Waals surface area contributed by atoms with E-state index in [1.807, 2.05) is 12.4 Å². The van der Waals surface area contributed by atoms with Gasteiger partial charge in [0, 0.05) is 56.9 Å². The Kier molecular flexibility index (Phi) is 4.25. The van der Waals surface area contributed by atoms with E-state index in [1.54, 1.807) is 6.20 Å². The Bertz CT molecular complexity index is 696. The third-order valence-corrected chi connectivity index (χ3v) is 4.70. The Balaban J connectivity index is 1.40. The van der Waals surface area contributed by atoms with Gasteiger partial charge < -0.3 is 9.88 Å². The minimum atomic E-state index is -0.160. The summed E-state index contributed by atoms with van der Waals surface area (Å²) in [7, 11) is 0. The first kappa shape index (κ1) is 15.3. The summed E-state index contributed by atoms with van der Waals surface area (Å²) in [6, 6.07) is 0. The molecule has 0 bridgehead atoms. The summed E-state index contributed by atoms with van der Waals surface area (Å²) < 4.78 is 2.21. The van der Waals surface area contributed by atoms with Crippen molar-refractivity contribution in [2.75, 3.05) is 19.6 Å². The highest BCUT2D eigenvalue weighted by Gasteiger charge is 2.28. The molecule has 7 nitrogen and oxygen atoms in total. The maximum absolute atomic E-state index is 12.2. The van der Waals surface area contributed by atoms with Crippen LogP contribution in [0.2, 0.25) is 0 Å². The molecule has 126 valence electrons. The SMILES string of the molecule is O=C(NC[C@@H]1CN(CC2CC2)Cc2nccn2C1)c1cnccn1. The zero-order valence-electron chi connectivity index (χ0n) is 13.6. The summed E-state index contributed by atoms with van der Waals surface area (Å²) in [5.41, 5.74) is 0.365. The molecule has 24 heavy (non-hydrogen) atoms. The van der Waals surface area contributed by atoms with Gasteiger partial charge in [0.2, 0.25) is 0 Å². The molecule has 0 saturated heterocycles. The fourth-order valence-electron chi connectivity index (χ4n) is 3.30. The molecule has 1 fully saturated rings. The molecule has 4 rings (SSSR count). The predicted molar refractivity (Wildman–Crippen MR) is 88.1 cm³/mol. The van der Waals surface area contributed by atoms with E-state index in [4.69, 9.17) is 0 Å². The van der Waals surface area contributed by atoms with Crippen molar-refractivity contribution in [3.8, 4) is 0 Å². The molecule has 0 unspecified atom stereocenters. The van der Waals surface area contributed by atoms with Gasteiger partial charge in [-0.1, -0.05) is 0 Å². The monoisotopic (exact) mass is 326 g/mol. The van der Waals surface area contributed by atoms with Crippen molar-refractivity contribution in [2.24, 2.45) is 11.8 Å². The highest BCUT2D eigenvalue weighted by molar-refractivity contribution is 5.91. The summed E-state index contributed by atoms with van der Waals surface area (Å²) in [4.78, 5) is 27.2. The number of rotatable bonds is 5. The summed E-state index contributed by atoms with van der Waals surface area (Å²) in [5.74, 6) is 2.17. The lowest BCUT2D eigenvalue weighted by Gasteiger charge is -2.23. The first-order valence-corrected chi connectivity index (χ1v) is 8.54. The Morgan fingerprint density at radius 2 is 2.08 bits per heavy atom. The molecular formula is C17H22N6O. The number of carbonyl (C=O) groups excluding carboxylic acids is 1. The summed E-state index contributed by atoms with van der Waals surface area (Å²) >= 11 is 0. The number of nitrogens with one attached hydrogen (secondary N) is 1. The van der Waals surface area contributed by atoms with Crippen LogP contribution < -0.4 is 5.32 Å². The van der Waals surface area contributed by atoms with E-state index in [2.05, 4.69) is 29.7 Å². The van der Waals surface area contributed by atoms with Crippen LogP contribution in [0.5, 0.6) is 0 Å². The molecule has 1 aliphatic heterocycles. The number of nitrogens with zero attached hydrogens (tertiary/aromatic N) is 5. The van der Waals surface area contributed by atoms with Crippen LogP contribution >= 0.6 is 0 Å². The Morgan fingerprint density at radius 3 is 2.88 bits per heavy atom. The minimum Gasteiger partial charge on any atom is -0.350 e. The number of amides is 1. The maximum atomic E-state index is 12.2. The van der Waals surface area contributed by atoms with E-state index in [0.29, 0.717) is 18.2 Å². The minimum absolute atomic E-state index is 0.160. The van der Waals surface area contributed by atoms with Crippen molar-refractivity contribution in [2.45, 2.75) is 25.9 Å². The first-order valence-electron chi connectivity index (χ1n) is 8.54. The lowest BCUT2D eigenvalue weighted by Crippen LogP contribution is -2.37. The second-order valence-electron chi connectivity index (χ2n) is 6.80. The lowest BCUT2D eigenvalue weighted by atomic mass is 10.1. The quantitative estimate of drug-likeness (QED) is 0.885. The summed E-state index contributed by atoms with van der Waals surface area (Å²) in [6.07, 6.45) is 11.2. The molecular weight excluding hydrogens is 304 g/mol. The Labute approximate surface area is 141 Å². The standard InChI is InChI=1S/C17H22N6O/c24-17(15-8-18-3-4-19-15)21-7-14-10-22(9-13-1-2-13)12-16-20-5-6-23(16)11-14/h3-6,8,13-14H,1-2,7,9-12H2,(H,21,24)/t14-/m1/s1. The lowest BCUT2D eigenvalue weighted by molar-refractivity contribution is 0.0935. The van der Waals surface area contributed by atoms with Crippen LogP contribution in [0.15, 0.2) is 31.0 Å².